The maximum Gasteiger partial charge on any atom is 0.264 e. The SMILES string of the molecule is Cc1occc1C(=O)N1CCCC1c1ccc(C(=O)N2CCOCC2)s1. The van der Waals surface area contributed by atoms with Crippen molar-refractivity contribution in [2.45, 2.75) is 25.8 Å². The first-order valence-corrected chi connectivity index (χ1v) is 9.78. The number of aryl methyl sites for hydroxylation is 1. The molecule has 0 radical (unpaired) electrons. The lowest BCUT2D eigenvalue weighted by Gasteiger charge is -2.26. The molecule has 7 heteroatoms. The molecule has 2 aliphatic heterocycles. The second kappa shape index (κ2) is 7.25. The fraction of sp³-hybridized carbons (Fsp3) is 0.474. The van der Waals surface area contributed by atoms with Gasteiger partial charge in [0.2, 0.25) is 0 Å². The van der Waals surface area contributed by atoms with Gasteiger partial charge in [0.25, 0.3) is 11.8 Å². The van der Waals surface area contributed by atoms with Crippen LogP contribution in [-0.4, -0.2) is 54.5 Å². The monoisotopic (exact) mass is 374 g/mol. The molecule has 1 unspecified atom stereocenters. The molecule has 26 heavy (non-hydrogen) atoms. The summed E-state index contributed by atoms with van der Waals surface area (Å²) in [5.41, 5.74) is 0.623. The number of thiophene rings is 1. The Morgan fingerprint density at radius 2 is 1.92 bits per heavy atom. The van der Waals surface area contributed by atoms with E-state index in [4.69, 9.17) is 9.15 Å². The zero-order chi connectivity index (χ0) is 18.1. The molecule has 2 aromatic rings. The number of ether oxygens (including phenoxy) is 1. The van der Waals surface area contributed by atoms with Crippen molar-refractivity contribution in [1.82, 2.24) is 9.80 Å². The van der Waals surface area contributed by atoms with Gasteiger partial charge in [0.15, 0.2) is 0 Å². The highest BCUT2D eigenvalue weighted by Gasteiger charge is 2.33. The summed E-state index contributed by atoms with van der Waals surface area (Å²) in [5.74, 6) is 0.717. The lowest BCUT2D eigenvalue weighted by molar-refractivity contribution is 0.0306. The summed E-state index contributed by atoms with van der Waals surface area (Å²) in [6.07, 6.45) is 3.45. The molecule has 2 saturated heterocycles. The highest BCUT2D eigenvalue weighted by Crippen LogP contribution is 2.37. The molecule has 0 bridgehead atoms. The number of rotatable bonds is 3. The molecule has 2 amide bonds. The summed E-state index contributed by atoms with van der Waals surface area (Å²) < 4.78 is 10.6. The third kappa shape index (κ3) is 3.17. The molecule has 0 spiro atoms. The van der Waals surface area contributed by atoms with E-state index in [-0.39, 0.29) is 17.9 Å². The van der Waals surface area contributed by atoms with Crippen molar-refractivity contribution >= 4 is 23.2 Å². The third-order valence-electron chi connectivity index (χ3n) is 5.07. The Bertz CT molecular complexity index is 806. The minimum atomic E-state index is 0.00760. The van der Waals surface area contributed by atoms with Crippen LogP contribution in [0.4, 0.5) is 0 Å². The standard InChI is InChI=1S/C19H22N2O4S/c1-13-14(6-10-25-13)18(22)21-7-2-3-15(21)16-4-5-17(26-16)19(23)20-8-11-24-12-9-20/h4-6,10,15H,2-3,7-9,11-12H2,1H3. The van der Waals surface area contributed by atoms with E-state index in [0.29, 0.717) is 37.6 Å². The molecule has 0 aliphatic carbocycles. The van der Waals surface area contributed by atoms with Gasteiger partial charge < -0.3 is 19.0 Å². The smallest absolute Gasteiger partial charge is 0.264 e. The summed E-state index contributed by atoms with van der Waals surface area (Å²) in [6.45, 7) is 5.01. The van der Waals surface area contributed by atoms with Crippen molar-refractivity contribution in [3.63, 3.8) is 0 Å². The van der Waals surface area contributed by atoms with Crippen LogP contribution in [0.15, 0.2) is 28.9 Å². The maximum absolute atomic E-state index is 12.9. The van der Waals surface area contributed by atoms with Crippen LogP contribution in [0.3, 0.4) is 0 Å². The van der Waals surface area contributed by atoms with Gasteiger partial charge in [-0.05, 0) is 38.0 Å². The number of carbonyl (C=O) groups excluding carboxylic acids is 2. The predicted octanol–water partition coefficient (Wildman–Crippen LogP) is 3.10. The number of likely N-dealkylation sites (tertiary alicyclic amines) is 1. The van der Waals surface area contributed by atoms with Gasteiger partial charge in [0, 0.05) is 24.5 Å². The van der Waals surface area contributed by atoms with Gasteiger partial charge >= 0.3 is 0 Å². The van der Waals surface area contributed by atoms with E-state index in [0.717, 1.165) is 29.1 Å². The zero-order valence-corrected chi connectivity index (χ0v) is 15.6. The van der Waals surface area contributed by atoms with Crippen LogP contribution in [0.2, 0.25) is 0 Å². The second-order valence-corrected chi connectivity index (χ2v) is 7.77. The molecule has 0 saturated carbocycles. The largest absolute Gasteiger partial charge is 0.469 e. The predicted molar refractivity (Wildman–Crippen MR) is 97.5 cm³/mol. The van der Waals surface area contributed by atoms with Gasteiger partial charge in [0.1, 0.15) is 5.76 Å². The Balaban J connectivity index is 1.52. The first-order chi connectivity index (χ1) is 12.6. The fourth-order valence-electron chi connectivity index (χ4n) is 3.64. The quantitative estimate of drug-likeness (QED) is 0.828. The Kier molecular flexibility index (Phi) is 4.82. The number of carbonyl (C=O) groups is 2. The molecule has 6 nitrogen and oxygen atoms in total. The Morgan fingerprint density at radius 3 is 2.65 bits per heavy atom. The number of amides is 2. The van der Waals surface area contributed by atoms with Gasteiger partial charge in [-0.25, -0.2) is 0 Å². The molecular formula is C19H22N2O4S. The van der Waals surface area contributed by atoms with E-state index < -0.39 is 0 Å². The average Bonchev–Trinajstić information content (AvgIpc) is 3.41. The highest BCUT2D eigenvalue weighted by molar-refractivity contribution is 7.14. The minimum absolute atomic E-state index is 0.00760. The fourth-order valence-corrected chi connectivity index (χ4v) is 4.76. The van der Waals surface area contributed by atoms with Crippen molar-refractivity contribution < 1.29 is 18.7 Å². The third-order valence-corrected chi connectivity index (χ3v) is 6.24. The molecule has 4 rings (SSSR count). The first-order valence-electron chi connectivity index (χ1n) is 8.97. The number of nitrogens with zero attached hydrogens (tertiary/aromatic N) is 2. The Labute approximate surface area is 156 Å². The summed E-state index contributed by atoms with van der Waals surface area (Å²) in [5, 5.41) is 0. The number of morpholine rings is 1. The number of furan rings is 1. The van der Waals surface area contributed by atoms with Crippen LogP contribution >= 0.6 is 11.3 Å². The summed E-state index contributed by atoms with van der Waals surface area (Å²) in [7, 11) is 0. The maximum atomic E-state index is 12.9. The van der Waals surface area contributed by atoms with Crippen LogP contribution in [-0.2, 0) is 4.74 Å². The second-order valence-electron chi connectivity index (χ2n) is 6.65. The number of hydrogen-bond donors (Lipinski definition) is 0. The van der Waals surface area contributed by atoms with Gasteiger partial charge in [-0.3, -0.25) is 9.59 Å². The van der Waals surface area contributed by atoms with E-state index in [1.165, 1.54) is 11.3 Å². The topological polar surface area (TPSA) is 63.0 Å². The minimum Gasteiger partial charge on any atom is -0.469 e. The van der Waals surface area contributed by atoms with E-state index in [1.54, 1.807) is 12.3 Å². The molecule has 1 atom stereocenters. The van der Waals surface area contributed by atoms with Crippen molar-refractivity contribution in [3.05, 3.63) is 45.5 Å². The Hall–Kier alpha value is -2.12. The molecule has 2 aliphatic rings. The van der Waals surface area contributed by atoms with E-state index in [1.807, 2.05) is 28.9 Å². The molecule has 0 aromatic carbocycles. The van der Waals surface area contributed by atoms with Gasteiger partial charge in [0.05, 0.1) is 36.0 Å². The van der Waals surface area contributed by atoms with Crippen molar-refractivity contribution in [1.29, 1.82) is 0 Å². The number of hydrogen-bond acceptors (Lipinski definition) is 5. The summed E-state index contributed by atoms with van der Waals surface area (Å²) in [6, 6.07) is 5.65. The molecule has 2 aromatic heterocycles. The van der Waals surface area contributed by atoms with Crippen LogP contribution in [0.5, 0.6) is 0 Å². The van der Waals surface area contributed by atoms with Crippen molar-refractivity contribution in [2.75, 3.05) is 32.8 Å². The van der Waals surface area contributed by atoms with Crippen LogP contribution < -0.4 is 0 Å². The van der Waals surface area contributed by atoms with E-state index in [2.05, 4.69) is 0 Å². The average molecular weight is 374 g/mol. The van der Waals surface area contributed by atoms with Gasteiger partial charge in [-0.15, -0.1) is 11.3 Å². The Morgan fingerprint density at radius 1 is 1.12 bits per heavy atom. The summed E-state index contributed by atoms with van der Waals surface area (Å²) in [4.78, 5) is 31.1. The molecule has 0 N–H and O–H groups in total. The molecule has 4 heterocycles. The highest BCUT2D eigenvalue weighted by atomic mass is 32.1. The van der Waals surface area contributed by atoms with Crippen molar-refractivity contribution in [2.24, 2.45) is 0 Å². The molecule has 2 fully saturated rings. The molecular weight excluding hydrogens is 352 g/mol. The van der Waals surface area contributed by atoms with E-state index >= 15 is 0 Å². The van der Waals surface area contributed by atoms with Crippen LogP contribution in [0.1, 0.15) is 49.6 Å². The van der Waals surface area contributed by atoms with Crippen LogP contribution in [0, 0.1) is 6.92 Å². The summed E-state index contributed by atoms with van der Waals surface area (Å²) >= 11 is 1.51. The first kappa shape index (κ1) is 17.3. The molecule has 138 valence electrons. The van der Waals surface area contributed by atoms with E-state index in [9.17, 15) is 9.59 Å². The normalized spacial score (nSPS) is 20.6. The lowest BCUT2D eigenvalue weighted by Crippen LogP contribution is -2.40. The lowest BCUT2D eigenvalue weighted by atomic mass is 10.1. The van der Waals surface area contributed by atoms with Gasteiger partial charge in [-0.2, -0.15) is 0 Å². The zero-order valence-electron chi connectivity index (χ0n) is 14.8. The van der Waals surface area contributed by atoms with Crippen LogP contribution in [0.25, 0.3) is 0 Å². The van der Waals surface area contributed by atoms with Crippen molar-refractivity contribution in [3.8, 4) is 0 Å². The van der Waals surface area contributed by atoms with Gasteiger partial charge in [-0.1, -0.05) is 0 Å².